The van der Waals surface area contributed by atoms with Crippen LogP contribution in [0.15, 0.2) is 0 Å². The van der Waals surface area contributed by atoms with Crippen molar-refractivity contribution in [2.24, 2.45) is 0 Å². The summed E-state index contributed by atoms with van der Waals surface area (Å²) in [4.78, 5) is 0. The van der Waals surface area contributed by atoms with Crippen LogP contribution in [-0.4, -0.2) is 23.8 Å². The van der Waals surface area contributed by atoms with E-state index in [0.717, 1.165) is 13.0 Å². The molecule has 2 N–H and O–H groups in total. The molecule has 0 saturated heterocycles. The first-order chi connectivity index (χ1) is 6.68. The maximum Gasteiger partial charge on any atom is 0.0610 e. The summed E-state index contributed by atoms with van der Waals surface area (Å²) in [5, 5.41) is 12.6. The number of hydrogen-bond acceptors (Lipinski definition) is 2. The molecule has 0 aromatic heterocycles. The molecule has 0 aliphatic rings. The van der Waals surface area contributed by atoms with Gasteiger partial charge in [-0.25, -0.2) is 0 Å². The zero-order chi connectivity index (χ0) is 10.9. The minimum absolute atomic E-state index is 0.0647. The molecule has 0 rings (SSSR count). The van der Waals surface area contributed by atoms with E-state index >= 15 is 0 Å². The van der Waals surface area contributed by atoms with Gasteiger partial charge in [-0.05, 0) is 26.3 Å². The lowest BCUT2D eigenvalue weighted by Crippen LogP contribution is -2.45. The Morgan fingerprint density at radius 3 is 2.21 bits per heavy atom. The molecule has 0 aromatic carbocycles. The third-order valence-corrected chi connectivity index (χ3v) is 2.96. The molecule has 1 unspecified atom stereocenters. The minimum Gasteiger partial charge on any atom is -0.394 e. The van der Waals surface area contributed by atoms with Crippen molar-refractivity contribution in [3.8, 4) is 0 Å². The van der Waals surface area contributed by atoms with Crippen LogP contribution in [0, 0.1) is 0 Å². The molecule has 0 amide bonds. The third kappa shape index (κ3) is 6.39. The fourth-order valence-electron chi connectivity index (χ4n) is 1.41. The smallest absolute Gasteiger partial charge is 0.0610 e. The molecule has 0 spiro atoms. The third-order valence-electron chi connectivity index (χ3n) is 2.96. The Hall–Kier alpha value is -0.0800. The highest BCUT2D eigenvalue weighted by molar-refractivity contribution is 4.79. The highest BCUT2D eigenvalue weighted by Crippen LogP contribution is 2.08. The number of hydrogen-bond donors (Lipinski definition) is 2. The van der Waals surface area contributed by atoms with Crippen LogP contribution in [0.25, 0.3) is 0 Å². The second-order valence-electron chi connectivity index (χ2n) is 4.41. The lowest BCUT2D eigenvalue weighted by molar-refractivity contribution is 0.170. The lowest BCUT2D eigenvalue weighted by atomic mass is 10.00. The van der Waals surface area contributed by atoms with Gasteiger partial charge in [-0.15, -0.1) is 0 Å². The molecule has 86 valence electrons. The Morgan fingerprint density at radius 2 is 1.71 bits per heavy atom. The van der Waals surface area contributed by atoms with Gasteiger partial charge >= 0.3 is 0 Å². The summed E-state index contributed by atoms with van der Waals surface area (Å²) in [7, 11) is 0. The number of aliphatic hydroxyl groups excluding tert-OH is 1. The predicted octanol–water partition coefficient (Wildman–Crippen LogP) is 2.71. The van der Waals surface area contributed by atoms with Gasteiger partial charge in [0, 0.05) is 5.54 Å². The Morgan fingerprint density at radius 1 is 1.07 bits per heavy atom. The van der Waals surface area contributed by atoms with E-state index in [-0.39, 0.29) is 12.1 Å². The first-order valence-corrected chi connectivity index (χ1v) is 6.04. The number of rotatable bonds is 9. The van der Waals surface area contributed by atoms with E-state index < -0.39 is 0 Å². The Bertz CT molecular complexity index is 121. The number of unbranched alkanes of at least 4 members (excludes halogenated alkanes) is 4. The summed E-state index contributed by atoms with van der Waals surface area (Å²) < 4.78 is 0. The molecule has 0 bridgehead atoms. The second kappa shape index (κ2) is 8.25. The van der Waals surface area contributed by atoms with E-state index in [0.29, 0.717) is 0 Å². The molecule has 0 aliphatic carbocycles. The van der Waals surface area contributed by atoms with Crippen LogP contribution in [-0.2, 0) is 0 Å². The molecular weight excluding hydrogens is 174 g/mol. The highest BCUT2D eigenvalue weighted by atomic mass is 16.3. The Kier molecular flexibility index (Phi) is 8.20. The van der Waals surface area contributed by atoms with Gasteiger partial charge in [0.2, 0.25) is 0 Å². The topological polar surface area (TPSA) is 32.3 Å². The molecule has 0 fully saturated rings. The molecule has 2 heteroatoms. The zero-order valence-corrected chi connectivity index (χ0v) is 10.1. The van der Waals surface area contributed by atoms with Crippen molar-refractivity contribution in [1.29, 1.82) is 0 Å². The maximum absolute atomic E-state index is 9.16. The zero-order valence-electron chi connectivity index (χ0n) is 10.1. The van der Waals surface area contributed by atoms with Crippen LogP contribution in [0.1, 0.15) is 59.3 Å². The van der Waals surface area contributed by atoms with Crippen LogP contribution < -0.4 is 5.32 Å². The van der Waals surface area contributed by atoms with Gasteiger partial charge in [0.15, 0.2) is 0 Å². The average Bonchev–Trinajstić information content (AvgIpc) is 2.23. The summed E-state index contributed by atoms with van der Waals surface area (Å²) in [5.74, 6) is 0. The van der Waals surface area contributed by atoms with Crippen LogP contribution in [0.4, 0.5) is 0 Å². The predicted molar refractivity (Wildman–Crippen MR) is 62.5 cm³/mol. The molecule has 2 nitrogen and oxygen atoms in total. The molecule has 1 atom stereocenters. The molecule has 0 saturated carbocycles. The van der Waals surface area contributed by atoms with Crippen LogP contribution in [0.3, 0.4) is 0 Å². The Balaban J connectivity index is 3.34. The largest absolute Gasteiger partial charge is 0.394 e. The quantitative estimate of drug-likeness (QED) is 0.562. The second-order valence-corrected chi connectivity index (χ2v) is 4.41. The van der Waals surface area contributed by atoms with Gasteiger partial charge in [-0.3, -0.25) is 0 Å². The average molecular weight is 201 g/mol. The summed E-state index contributed by atoms with van der Waals surface area (Å²) in [6.07, 6.45) is 7.53. The van der Waals surface area contributed by atoms with Gasteiger partial charge in [-0.2, -0.15) is 0 Å². The molecule has 0 aliphatic heterocycles. The highest BCUT2D eigenvalue weighted by Gasteiger charge is 2.18. The maximum atomic E-state index is 9.16. The summed E-state index contributed by atoms with van der Waals surface area (Å²) in [5.41, 5.74) is -0.0647. The normalized spacial score (nSPS) is 15.4. The van der Waals surface area contributed by atoms with E-state index in [4.69, 9.17) is 5.11 Å². The molecular formula is C12H27NO. The van der Waals surface area contributed by atoms with Crippen molar-refractivity contribution in [1.82, 2.24) is 5.32 Å². The Labute approximate surface area is 89.1 Å². The fourth-order valence-corrected chi connectivity index (χ4v) is 1.41. The molecule has 0 radical (unpaired) electrons. The van der Waals surface area contributed by atoms with Crippen molar-refractivity contribution >= 4 is 0 Å². The lowest BCUT2D eigenvalue weighted by Gasteiger charge is -2.27. The van der Waals surface area contributed by atoms with Crippen LogP contribution in [0.5, 0.6) is 0 Å². The summed E-state index contributed by atoms with van der Waals surface area (Å²) in [6, 6.07) is 0. The summed E-state index contributed by atoms with van der Waals surface area (Å²) >= 11 is 0. The first kappa shape index (κ1) is 13.9. The minimum atomic E-state index is -0.0647. The molecule has 14 heavy (non-hydrogen) atoms. The first-order valence-electron chi connectivity index (χ1n) is 6.04. The van der Waals surface area contributed by atoms with Crippen molar-refractivity contribution in [3.05, 3.63) is 0 Å². The van der Waals surface area contributed by atoms with Crippen LogP contribution >= 0.6 is 0 Å². The van der Waals surface area contributed by atoms with Gasteiger partial charge < -0.3 is 10.4 Å². The molecule has 0 aromatic rings. The van der Waals surface area contributed by atoms with Crippen molar-refractivity contribution in [3.63, 3.8) is 0 Å². The van der Waals surface area contributed by atoms with Gasteiger partial charge in [0.1, 0.15) is 0 Å². The summed E-state index contributed by atoms with van der Waals surface area (Å²) in [6.45, 7) is 7.70. The van der Waals surface area contributed by atoms with Gasteiger partial charge in [0.05, 0.1) is 6.61 Å². The van der Waals surface area contributed by atoms with Gasteiger partial charge in [-0.1, -0.05) is 39.5 Å². The monoisotopic (exact) mass is 201 g/mol. The van der Waals surface area contributed by atoms with E-state index in [1.807, 2.05) is 0 Å². The molecule has 0 heterocycles. The van der Waals surface area contributed by atoms with E-state index in [2.05, 4.69) is 26.1 Å². The van der Waals surface area contributed by atoms with Crippen LogP contribution in [0.2, 0.25) is 0 Å². The standard InChI is InChI=1S/C12H27NO/c1-4-6-7-8-9-10-13-12(3,5-2)11-14/h13-14H,4-11H2,1-3H3. The fraction of sp³-hybridized carbons (Fsp3) is 1.00. The van der Waals surface area contributed by atoms with Gasteiger partial charge in [0.25, 0.3) is 0 Å². The van der Waals surface area contributed by atoms with Crippen molar-refractivity contribution < 1.29 is 5.11 Å². The number of aliphatic hydroxyl groups is 1. The van der Waals surface area contributed by atoms with Crippen molar-refractivity contribution in [2.75, 3.05) is 13.2 Å². The van der Waals surface area contributed by atoms with E-state index in [1.165, 1.54) is 32.1 Å². The van der Waals surface area contributed by atoms with E-state index in [9.17, 15) is 0 Å². The van der Waals surface area contributed by atoms with E-state index in [1.54, 1.807) is 0 Å². The SMILES string of the molecule is CCCCCCCNC(C)(CC)CO. The number of nitrogens with one attached hydrogen (secondary N) is 1. The van der Waals surface area contributed by atoms with Crippen molar-refractivity contribution in [2.45, 2.75) is 64.8 Å².